The van der Waals surface area contributed by atoms with Gasteiger partial charge in [-0.1, -0.05) is 0 Å². The van der Waals surface area contributed by atoms with Crippen LogP contribution in [0.5, 0.6) is 5.88 Å². The van der Waals surface area contributed by atoms with Crippen LogP contribution < -0.4 is 9.64 Å². The van der Waals surface area contributed by atoms with E-state index in [0.717, 1.165) is 49.9 Å². The van der Waals surface area contributed by atoms with Crippen LogP contribution in [0, 0.1) is 5.41 Å². The first kappa shape index (κ1) is 18.4. The first-order valence-corrected chi connectivity index (χ1v) is 11.2. The number of fused-ring (bicyclic) bond motifs is 1. The quantitative estimate of drug-likeness (QED) is 0.807. The smallest absolute Gasteiger partial charge is 0.240 e. The molecule has 2 aromatic rings. The molecule has 2 fully saturated rings. The van der Waals surface area contributed by atoms with Crippen molar-refractivity contribution in [3.05, 3.63) is 24.5 Å². The Labute approximate surface area is 161 Å². The van der Waals surface area contributed by atoms with Gasteiger partial charge in [-0.15, -0.1) is 0 Å². The molecule has 0 N–H and O–H groups in total. The van der Waals surface area contributed by atoms with Crippen LogP contribution in [0.15, 0.2) is 28.9 Å². The highest BCUT2D eigenvalue weighted by atomic mass is 32.2. The summed E-state index contributed by atoms with van der Waals surface area (Å²) in [7, 11) is 1.08. The van der Waals surface area contributed by atoms with Gasteiger partial charge >= 0.3 is 0 Å². The van der Waals surface area contributed by atoms with Crippen LogP contribution in [0.1, 0.15) is 19.3 Å². The molecule has 8 heteroatoms. The summed E-state index contributed by atoms with van der Waals surface area (Å²) in [5, 5.41) is 1.08. The summed E-state index contributed by atoms with van der Waals surface area (Å²) >= 11 is 0. The molecule has 2 aliphatic heterocycles. The maximum absolute atomic E-state index is 12.5. The summed E-state index contributed by atoms with van der Waals surface area (Å²) in [6, 6.07) is 4.10. The number of rotatable bonds is 3. The van der Waals surface area contributed by atoms with Crippen LogP contribution in [0.25, 0.3) is 10.9 Å². The predicted molar refractivity (Wildman–Crippen MR) is 109 cm³/mol. The van der Waals surface area contributed by atoms with Gasteiger partial charge in [-0.2, -0.15) is 0 Å². The zero-order chi connectivity index (χ0) is 19.1. The summed E-state index contributed by atoms with van der Waals surface area (Å²) < 4.78 is 24.1. The van der Waals surface area contributed by atoms with Gasteiger partial charge in [0.15, 0.2) is 0 Å². The Hall–Kier alpha value is -1.93. The van der Waals surface area contributed by atoms with Crippen molar-refractivity contribution in [3.8, 4) is 5.88 Å². The van der Waals surface area contributed by atoms with Crippen molar-refractivity contribution in [1.82, 2.24) is 14.3 Å². The zero-order valence-corrected chi connectivity index (χ0v) is 17.0. The van der Waals surface area contributed by atoms with Gasteiger partial charge in [0.25, 0.3) is 0 Å². The average Bonchev–Trinajstić information content (AvgIpc) is 3.10. The lowest BCUT2D eigenvalue weighted by Crippen LogP contribution is -2.43. The van der Waals surface area contributed by atoms with Gasteiger partial charge < -0.3 is 9.64 Å². The predicted octanol–water partition coefficient (Wildman–Crippen LogP) is 2.57. The lowest BCUT2D eigenvalue weighted by Gasteiger charge is -2.39. The lowest BCUT2D eigenvalue weighted by atomic mass is 9.78. The molecule has 27 heavy (non-hydrogen) atoms. The van der Waals surface area contributed by atoms with Crippen molar-refractivity contribution >= 4 is 26.5 Å². The van der Waals surface area contributed by atoms with Gasteiger partial charge in [0, 0.05) is 62.9 Å². The Morgan fingerprint density at radius 3 is 2.56 bits per heavy atom. The Morgan fingerprint density at radius 1 is 1.15 bits per heavy atom. The highest BCUT2D eigenvalue weighted by Gasteiger charge is 2.42. The van der Waals surface area contributed by atoms with Gasteiger partial charge in [-0.05, 0) is 36.8 Å². The monoisotopic (exact) mass is 389 g/mol. The third-order valence-corrected chi connectivity index (χ3v) is 8.18. The molecule has 0 amide bonds. The minimum Gasteiger partial charge on any atom is -0.479 e. The maximum atomic E-state index is 12.5. The molecular formula is C19H27N5O2S. The largest absolute Gasteiger partial charge is 0.479 e. The first-order valence-electron chi connectivity index (χ1n) is 9.36. The zero-order valence-electron chi connectivity index (χ0n) is 16.2. The Kier molecular flexibility index (Phi) is 4.71. The van der Waals surface area contributed by atoms with E-state index in [2.05, 4.69) is 29.6 Å². The summed E-state index contributed by atoms with van der Waals surface area (Å²) in [6.07, 6.45) is 8.67. The van der Waals surface area contributed by atoms with Crippen LogP contribution in [0.4, 0.5) is 5.69 Å². The fourth-order valence-corrected chi connectivity index (χ4v) is 5.52. The summed E-state index contributed by atoms with van der Waals surface area (Å²) in [4.78, 5) is 11.2. The van der Waals surface area contributed by atoms with Crippen LogP contribution in [0.2, 0.25) is 0 Å². The van der Waals surface area contributed by atoms with Crippen LogP contribution in [-0.2, 0) is 9.92 Å². The number of pyridine rings is 2. The summed E-state index contributed by atoms with van der Waals surface area (Å²) in [5.41, 5.74) is 2.30. The standard InChI is InChI=1S/C19H27N5O2S/c1-20-27(3,25)24-12-7-19(8-13-24)6-11-23(14-19)16-5-10-21-17-15(16)4-9-22-18(17)26-2/h4-5,9-10H,6-8,11-14H2,1-3H3. The van der Waals surface area contributed by atoms with Crippen molar-refractivity contribution in [2.45, 2.75) is 19.3 Å². The van der Waals surface area contributed by atoms with Gasteiger partial charge in [-0.3, -0.25) is 4.98 Å². The minimum absolute atomic E-state index is 0.298. The second-order valence-corrected chi connectivity index (χ2v) is 10.00. The fourth-order valence-electron chi connectivity index (χ4n) is 4.43. The Balaban J connectivity index is 1.56. The number of hydrogen-bond donors (Lipinski definition) is 0. The summed E-state index contributed by atoms with van der Waals surface area (Å²) in [6.45, 7) is 3.77. The van der Waals surface area contributed by atoms with Gasteiger partial charge in [0.1, 0.15) is 15.4 Å². The van der Waals surface area contributed by atoms with E-state index in [4.69, 9.17) is 4.74 Å². The molecule has 2 aromatic heterocycles. The number of ether oxygens (including phenoxy) is 1. The SMILES string of the molecule is CN=S(C)(=O)N1CCC2(CCN(c3ccnc4c(OC)nccc34)C2)CC1. The topological polar surface area (TPSA) is 70.9 Å². The number of nitrogens with zero attached hydrogens (tertiary/aromatic N) is 5. The highest BCUT2D eigenvalue weighted by Crippen LogP contribution is 2.43. The van der Waals surface area contributed by atoms with Crippen LogP contribution in [0.3, 0.4) is 0 Å². The van der Waals surface area contributed by atoms with Crippen molar-refractivity contribution in [2.75, 3.05) is 51.5 Å². The number of piperidine rings is 1. The molecule has 4 heterocycles. The second kappa shape index (κ2) is 6.91. The second-order valence-electron chi connectivity index (χ2n) is 7.59. The molecule has 0 bridgehead atoms. The number of hydrogen-bond acceptors (Lipinski definition) is 6. The summed E-state index contributed by atoms with van der Waals surface area (Å²) in [5.74, 6) is 0.567. The first-order chi connectivity index (χ1) is 13.0. The number of aromatic nitrogens is 2. The van der Waals surface area contributed by atoms with Gasteiger partial charge in [0.2, 0.25) is 5.88 Å². The fraction of sp³-hybridized carbons (Fsp3) is 0.579. The Morgan fingerprint density at radius 2 is 1.85 bits per heavy atom. The van der Waals surface area contributed by atoms with Crippen molar-refractivity contribution in [1.29, 1.82) is 0 Å². The molecule has 0 aliphatic carbocycles. The molecule has 7 nitrogen and oxygen atoms in total. The van der Waals surface area contributed by atoms with E-state index < -0.39 is 9.92 Å². The lowest BCUT2D eigenvalue weighted by molar-refractivity contribution is 0.180. The van der Waals surface area contributed by atoms with Crippen molar-refractivity contribution in [2.24, 2.45) is 9.78 Å². The van der Waals surface area contributed by atoms with Gasteiger partial charge in [0.05, 0.1) is 7.11 Å². The molecule has 1 unspecified atom stereocenters. The molecule has 2 saturated heterocycles. The third-order valence-electron chi connectivity index (χ3n) is 6.18. The van der Waals surface area contributed by atoms with Crippen LogP contribution >= 0.6 is 0 Å². The molecule has 1 atom stereocenters. The third kappa shape index (κ3) is 3.25. The van der Waals surface area contributed by atoms with E-state index in [-0.39, 0.29) is 0 Å². The van der Waals surface area contributed by atoms with Gasteiger partial charge in [-0.25, -0.2) is 17.9 Å². The Bertz CT molecular complexity index is 962. The van der Waals surface area contributed by atoms with E-state index in [9.17, 15) is 4.21 Å². The van der Waals surface area contributed by atoms with E-state index in [1.165, 1.54) is 12.1 Å². The van der Waals surface area contributed by atoms with Crippen LogP contribution in [-0.4, -0.2) is 65.1 Å². The highest BCUT2D eigenvalue weighted by molar-refractivity contribution is 7.90. The van der Waals surface area contributed by atoms with E-state index in [1.54, 1.807) is 26.6 Å². The minimum atomic E-state index is -2.20. The maximum Gasteiger partial charge on any atom is 0.240 e. The average molecular weight is 390 g/mol. The van der Waals surface area contributed by atoms with E-state index >= 15 is 0 Å². The molecule has 0 radical (unpaired) electrons. The molecule has 2 aliphatic rings. The van der Waals surface area contributed by atoms with E-state index in [0.29, 0.717) is 11.3 Å². The molecule has 4 rings (SSSR count). The number of anilines is 1. The van der Waals surface area contributed by atoms with Crippen molar-refractivity contribution < 1.29 is 8.95 Å². The van der Waals surface area contributed by atoms with E-state index in [1.807, 2.05) is 12.3 Å². The molecule has 146 valence electrons. The number of methoxy groups -OCH3 is 1. The van der Waals surface area contributed by atoms with Crippen molar-refractivity contribution in [3.63, 3.8) is 0 Å². The molecule has 0 saturated carbocycles. The molecular weight excluding hydrogens is 362 g/mol. The normalized spacial score (nSPS) is 22.1. The molecule has 0 aromatic carbocycles. The molecule has 1 spiro atoms.